The number of nitrogens with zero attached hydrogens (tertiary/aromatic N) is 3. The zero-order valence-corrected chi connectivity index (χ0v) is 15.6. The van der Waals surface area contributed by atoms with E-state index >= 15 is 0 Å². The second-order valence-electron chi connectivity index (χ2n) is 6.61. The molecule has 1 fully saturated rings. The van der Waals surface area contributed by atoms with E-state index in [0.717, 1.165) is 51.1 Å². The fourth-order valence-corrected chi connectivity index (χ4v) is 2.92. The monoisotopic (exact) mass is 327 g/mol. The van der Waals surface area contributed by atoms with Gasteiger partial charge in [-0.2, -0.15) is 0 Å². The van der Waals surface area contributed by atoms with Gasteiger partial charge in [0.15, 0.2) is 5.96 Å². The molecule has 1 aliphatic rings. The number of likely N-dealkylation sites (N-methyl/N-ethyl adjacent to an activating group) is 1. The van der Waals surface area contributed by atoms with Gasteiger partial charge in [0.25, 0.3) is 0 Å². The number of hydrogen-bond donors (Lipinski definition) is 2. The van der Waals surface area contributed by atoms with Crippen LogP contribution < -0.4 is 10.6 Å². The Kier molecular flexibility index (Phi) is 11.0. The van der Waals surface area contributed by atoms with Crippen molar-refractivity contribution >= 4 is 5.96 Å². The molecule has 6 heteroatoms. The van der Waals surface area contributed by atoms with E-state index in [4.69, 9.17) is 4.74 Å². The molecule has 0 aliphatic carbocycles. The molecule has 1 rings (SSSR count). The van der Waals surface area contributed by atoms with Gasteiger partial charge in [-0.25, -0.2) is 0 Å². The van der Waals surface area contributed by atoms with Crippen molar-refractivity contribution in [2.24, 2.45) is 10.9 Å². The molecule has 0 atom stereocenters. The maximum Gasteiger partial charge on any atom is 0.191 e. The highest BCUT2D eigenvalue weighted by Crippen LogP contribution is 2.18. The van der Waals surface area contributed by atoms with Gasteiger partial charge in [-0.3, -0.25) is 4.99 Å². The summed E-state index contributed by atoms with van der Waals surface area (Å²) >= 11 is 0. The van der Waals surface area contributed by atoms with Crippen molar-refractivity contribution in [1.82, 2.24) is 20.4 Å². The van der Waals surface area contributed by atoms with E-state index in [0.29, 0.717) is 0 Å². The minimum absolute atomic E-state index is 0.831. The number of rotatable bonds is 10. The molecule has 0 aromatic heterocycles. The maximum atomic E-state index is 5.08. The summed E-state index contributed by atoms with van der Waals surface area (Å²) in [5.74, 6) is 1.78. The lowest BCUT2D eigenvalue weighted by Crippen LogP contribution is -2.42. The Labute approximate surface area is 142 Å². The van der Waals surface area contributed by atoms with Crippen molar-refractivity contribution in [3.63, 3.8) is 0 Å². The van der Waals surface area contributed by atoms with Crippen molar-refractivity contribution in [2.45, 2.75) is 25.7 Å². The third-order valence-corrected chi connectivity index (χ3v) is 4.58. The van der Waals surface area contributed by atoms with Gasteiger partial charge in [0, 0.05) is 46.9 Å². The molecule has 1 heterocycles. The van der Waals surface area contributed by atoms with Crippen LogP contribution in [0, 0.1) is 5.92 Å². The van der Waals surface area contributed by atoms with Gasteiger partial charge in [0.1, 0.15) is 0 Å². The fourth-order valence-electron chi connectivity index (χ4n) is 2.92. The quantitative estimate of drug-likeness (QED) is 0.354. The summed E-state index contributed by atoms with van der Waals surface area (Å²) in [6, 6.07) is 0. The van der Waals surface area contributed by atoms with Crippen molar-refractivity contribution in [1.29, 1.82) is 0 Å². The van der Waals surface area contributed by atoms with E-state index in [9.17, 15) is 0 Å². The van der Waals surface area contributed by atoms with Crippen molar-refractivity contribution in [2.75, 3.05) is 74.1 Å². The van der Waals surface area contributed by atoms with Gasteiger partial charge < -0.3 is 25.2 Å². The van der Waals surface area contributed by atoms with Gasteiger partial charge in [0.05, 0.1) is 0 Å². The van der Waals surface area contributed by atoms with E-state index < -0.39 is 0 Å². The highest BCUT2D eigenvalue weighted by Gasteiger charge is 2.16. The maximum absolute atomic E-state index is 5.08. The second-order valence-corrected chi connectivity index (χ2v) is 6.61. The molecular weight excluding hydrogens is 290 g/mol. The van der Waals surface area contributed by atoms with Crippen LogP contribution in [0.15, 0.2) is 4.99 Å². The molecule has 0 bridgehead atoms. The van der Waals surface area contributed by atoms with Gasteiger partial charge in [-0.15, -0.1) is 0 Å². The second kappa shape index (κ2) is 12.6. The smallest absolute Gasteiger partial charge is 0.191 e. The highest BCUT2D eigenvalue weighted by atomic mass is 16.5. The summed E-state index contributed by atoms with van der Waals surface area (Å²) in [7, 11) is 7.95. The Hall–Kier alpha value is -0.850. The number of nitrogens with one attached hydrogen (secondary N) is 2. The predicted molar refractivity (Wildman–Crippen MR) is 98.2 cm³/mol. The minimum Gasteiger partial charge on any atom is -0.385 e. The highest BCUT2D eigenvalue weighted by molar-refractivity contribution is 5.79. The summed E-state index contributed by atoms with van der Waals surface area (Å²) in [5, 5.41) is 6.83. The van der Waals surface area contributed by atoms with Crippen LogP contribution in [0.4, 0.5) is 0 Å². The lowest BCUT2D eigenvalue weighted by Gasteiger charge is -2.29. The molecule has 0 spiro atoms. The number of guanidine groups is 1. The Bertz CT molecular complexity index is 316. The molecule has 136 valence electrons. The summed E-state index contributed by atoms with van der Waals surface area (Å²) in [4.78, 5) is 9.04. The lowest BCUT2D eigenvalue weighted by molar-refractivity contribution is 0.180. The normalized spacial score (nSPS) is 17.7. The lowest BCUT2D eigenvalue weighted by atomic mass is 9.94. The zero-order chi connectivity index (χ0) is 16.9. The van der Waals surface area contributed by atoms with Crippen LogP contribution in [0.3, 0.4) is 0 Å². The Balaban J connectivity index is 2.05. The standard InChI is InChI=1S/C17H37N5O/c1-18-17(20-10-14-21(2)11-5-15-23-4)19-9-6-16-7-12-22(3)13-8-16/h16H,5-15H2,1-4H3,(H2,18,19,20). The summed E-state index contributed by atoms with van der Waals surface area (Å²) in [5.41, 5.74) is 0. The average molecular weight is 328 g/mol. The van der Waals surface area contributed by atoms with E-state index in [1.165, 1.54) is 32.4 Å². The van der Waals surface area contributed by atoms with Crippen LogP contribution in [0.1, 0.15) is 25.7 Å². The van der Waals surface area contributed by atoms with Crippen LogP contribution in [0.2, 0.25) is 0 Å². The first-order valence-corrected chi connectivity index (χ1v) is 8.96. The first kappa shape index (κ1) is 20.2. The Morgan fingerprint density at radius 1 is 1.22 bits per heavy atom. The molecule has 6 nitrogen and oxygen atoms in total. The van der Waals surface area contributed by atoms with Gasteiger partial charge in [-0.05, 0) is 58.8 Å². The molecule has 0 unspecified atom stereocenters. The molecule has 2 N–H and O–H groups in total. The SMILES string of the molecule is CN=C(NCCC1CCN(C)CC1)NCCN(C)CCCOC. The molecule has 0 aromatic carbocycles. The van der Waals surface area contributed by atoms with Gasteiger partial charge in [-0.1, -0.05) is 0 Å². The summed E-state index contributed by atoms with van der Waals surface area (Å²) < 4.78 is 5.08. The molecule has 0 amide bonds. The van der Waals surface area contributed by atoms with Gasteiger partial charge in [0.2, 0.25) is 0 Å². The van der Waals surface area contributed by atoms with E-state index in [-0.39, 0.29) is 0 Å². The summed E-state index contributed by atoms with van der Waals surface area (Å²) in [6.07, 6.45) is 4.98. The Morgan fingerprint density at radius 3 is 2.57 bits per heavy atom. The minimum atomic E-state index is 0.831. The fraction of sp³-hybridized carbons (Fsp3) is 0.941. The van der Waals surface area contributed by atoms with Crippen LogP contribution >= 0.6 is 0 Å². The third kappa shape index (κ3) is 9.79. The summed E-state index contributed by atoms with van der Waals surface area (Å²) in [6.45, 7) is 7.32. The number of aliphatic imine (C=N–C) groups is 1. The van der Waals surface area contributed by atoms with Crippen molar-refractivity contribution in [3.05, 3.63) is 0 Å². The number of likely N-dealkylation sites (tertiary alicyclic amines) is 1. The Morgan fingerprint density at radius 2 is 1.91 bits per heavy atom. The average Bonchev–Trinajstić information content (AvgIpc) is 2.55. The van der Waals surface area contributed by atoms with Crippen LogP contribution in [0.25, 0.3) is 0 Å². The molecule has 23 heavy (non-hydrogen) atoms. The molecule has 1 saturated heterocycles. The molecule has 0 radical (unpaired) electrons. The van der Waals surface area contributed by atoms with Crippen LogP contribution in [-0.4, -0.2) is 89.9 Å². The number of ether oxygens (including phenoxy) is 1. The first-order chi connectivity index (χ1) is 11.2. The topological polar surface area (TPSA) is 52.1 Å². The number of methoxy groups -OCH3 is 1. The predicted octanol–water partition coefficient (Wildman–Crippen LogP) is 0.852. The zero-order valence-electron chi connectivity index (χ0n) is 15.6. The van der Waals surface area contributed by atoms with Crippen LogP contribution in [-0.2, 0) is 4.74 Å². The third-order valence-electron chi connectivity index (χ3n) is 4.58. The molecule has 0 aromatic rings. The van der Waals surface area contributed by atoms with E-state index in [2.05, 4.69) is 39.5 Å². The molecular formula is C17H37N5O. The number of hydrogen-bond acceptors (Lipinski definition) is 4. The first-order valence-electron chi connectivity index (χ1n) is 8.96. The van der Waals surface area contributed by atoms with E-state index in [1.54, 1.807) is 7.11 Å². The van der Waals surface area contributed by atoms with Crippen LogP contribution in [0.5, 0.6) is 0 Å². The van der Waals surface area contributed by atoms with E-state index in [1.807, 2.05) is 7.05 Å². The van der Waals surface area contributed by atoms with Crippen molar-refractivity contribution < 1.29 is 4.74 Å². The van der Waals surface area contributed by atoms with Gasteiger partial charge >= 0.3 is 0 Å². The molecule has 1 aliphatic heterocycles. The molecule has 0 saturated carbocycles. The van der Waals surface area contributed by atoms with Crippen molar-refractivity contribution in [3.8, 4) is 0 Å². The largest absolute Gasteiger partial charge is 0.385 e. The number of piperidine rings is 1.